The van der Waals surface area contributed by atoms with Gasteiger partial charge in [-0.05, 0) is 31.6 Å². The van der Waals surface area contributed by atoms with E-state index in [0.717, 1.165) is 18.8 Å². The number of hydrogen-bond donors (Lipinski definition) is 2. The third kappa shape index (κ3) is 4.03. The van der Waals surface area contributed by atoms with Crippen molar-refractivity contribution in [1.82, 2.24) is 9.97 Å². The van der Waals surface area contributed by atoms with E-state index in [-0.39, 0.29) is 11.7 Å². The lowest BCUT2D eigenvalue weighted by atomic mass is 9.83. The molecule has 1 aliphatic rings. The number of nitrogens with zero attached hydrogens (tertiary/aromatic N) is 3. The molecule has 0 bridgehead atoms. The van der Waals surface area contributed by atoms with Crippen molar-refractivity contribution in [3.8, 4) is 0 Å². The summed E-state index contributed by atoms with van der Waals surface area (Å²) in [4.78, 5) is 18.7. The zero-order chi connectivity index (χ0) is 15.2. The van der Waals surface area contributed by atoms with Crippen LogP contribution >= 0.6 is 0 Å². The first-order valence-corrected chi connectivity index (χ1v) is 7.59. The molecular weight excluding hydrogens is 270 g/mol. The number of hydrogen-bond acceptors (Lipinski definition) is 6. The van der Waals surface area contributed by atoms with Crippen molar-refractivity contribution in [2.45, 2.75) is 51.5 Å². The van der Waals surface area contributed by atoms with E-state index in [1.165, 1.54) is 31.9 Å². The van der Waals surface area contributed by atoms with E-state index in [9.17, 15) is 10.1 Å². The molecule has 2 N–H and O–H groups in total. The van der Waals surface area contributed by atoms with Gasteiger partial charge in [0, 0.05) is 13.1 Å². The van der Waals surface area contributed by atoms with Gasteiger partial charge in [-0.1, -0.05) is 19.8 Å². The number of anilines is 2. The number of nitro groups is 1. The molecule has 0 radical (unpaired) electrons. The molecule has 0 aliphatic heterocycles. The molecule has 0 spiro atoms. The Morgan fingerprint density at radius 1 is 1.38 bits per heavy atom. The largest absolute Gasteiger partial charge is 0.361 e. The molecule has 1 heterocycles. The number of nitrogens with one attached hydrogen (secondary N) is 2. The van der Waals surface area contributed by atoms with Gasteiger partial charge in [0.15, 0.2) is 0 Å². The first kappa shape index (κ1) is 15.5. The molecule has 0 saturated heterocycles. The lowest BCUT2D eigenvalue weighted by Crippen LogP contribution is -2.27. The summed E-state index contributed by atoms with van der Waals surface area (Å²) >= 11 is 0. The van der Waals surface area contributed by atoms with Gasteiger partial charge in [-0.25, -0.2) is 4.98 Å². The van der Waals surface area contributed by atoms with Crippen LogP contribution in [0.1, 0.15) is 45.4 Å². The second-order valence-electron chi connectivity index (χ2n) is 5.59. The van der Waals surface area contributed by atoms with Gasteiger partial charge in [-0.3, -0.25) is 10.1 Å². The topological polar surface area (TPSA) is 93.0 Å². The molecule has 1 aromatic heterocycles. The predicted molar refractivity (Wildman–Crippen MR) is 82.5 cm³/mol. The Balaban J connectivity index is 2.03. The minimum absolute atomic E-state index is 0.0651. The molecule has 116 valence electrons. The molecule has 1 saturated carbocycles. The molecule has 1 aromatic rings. The smallest absolute Gasteiger partial charge is 0.329 e. The maximum Gasteiger partial charge on any atom is 0.329 e. The SMILES string of the molecule is CCCC1CCC(Nc2nc(NC)ncc2[N+](=O)[O-])CC1. The Morgan fingerprint density at radius 2 is 2.10 bits per heavy atom. The summed E-state index contributed by atoms with van der Waals surface area (Å²) in [6, 6.07) is 0.261. The molecule has 1 aliphatic carbocycles. The van der Waals surface area contributed by atoms with Crippen LogP contribution in [0.4, 0.5) is 17.5 Å². The zero-order valence-electron chi connectivity index (χ0n) is 12.6. The van der Waals surface area contributed by atoms with Gasteiger partial charge >= 0.3 is 5.69 Å². The average molecular weight is 293 g/mol. The number of rotatable bonds is 6. The Bertz CT molecular complexity index is 486. The summed E-state index contributed by atoms with van der Waals surface area (Å²) in [5.41, 5.74) is -0.0651. The second kappa shape index (κ2) is 7.19. The highest BCUT2D eigenvalue weighted by Crippen LogP contribution is 2.31. The van der Waals surface area contributed by atoms with Gasteiger partial charge in [0.05, 0.1) is 4.92 Å². The fourth-order valence-electron chi connectivity index (χ4n) is 2.93. The van der Waals surface area contributed by atoms with E-state index in [2.05, 4.69) is 27.5 Å². The summed E-state index contributed by atoms with van der Waals surface area (Å²) in [5.74, 6) is 1.52. The van der Waals surface area contributed by atoms with E-state index in [4.69, 9.17) is 0 Å². The first-order valence-electron chi connectivity index (χ1n) is 7.59. The van der Waals surface area contributed by atoms with E-state index >= 15 is 0 Å². The predicted octanol–water partition coefficient (Wildman–Crippen LogP) is 3.20. The third-order valence-electron chi connectivity index (χ3n) is 4.07. The van der Waals surface area contributed by atoms with Crippen LogP contribution in [-0.4, -0.2) is 28.0 Å². The van der Waals surface area contributed by atoms with E-state index in [0.29, 0.717) is 11.8 Å². The Kier molecular flexibility index (Phi) is 5.30. The summed E-state index contributed by atoms with van der Waals surface area (Å²) in [6.45, 7) is 2.22. The van der Waals surface area contributed by atoms with Crippen molar-refractivity contribution in [3.63, 3.8) is 0 Å². The average Bonchev–Trinajstić information content (AvgIpc) is 2.49. The van der Waals surface area contributed by atoms with Crippen molar-refractivity contribution in [2.75, 3.05) is 17.7 Å². The van der Waals surface area contributed by atoms with E-state index in [1.54, 1.807) is 7.05 Å². The molecule has 7 nitrogen and oxygen atoms in total. The fraction of sp³-hybridized carbons (Fsp3) is 0.714. The van der Waals surface area contributed by atoms with Crippen LogP contribution in [0.25, 0.3) is 0 Å². The highest BCUT2D eigenvalue weighted by molar-refractivity contribution is 5.57. The van der Waals surface area contributed by atoms with Crippen LogP contribution in [-0.2, 0) is 0 Å². The van der Waals surface area contributed by atoms with Crippen LogP contribution in [0.3, 0.4) is 0 Å². The van der Waals surface area contributed by atoms with Gasteiger partial charge in [0.25, 0.3) is 0 Å². The van der Waals surface area contributed by atoms with Crippen molar-refractivity contribution >= 4 is 17.5 Å². The zero-order valence-corrected chi connectivity index (χ0v) is 12.6. The van der Waals surface area contributed by atoms with Crippen LogP contribution in [0.5, 0.6) is 0 Å². The van der Waals surface area contributed by atoms with E-state index < -0.39 is 4.92 Å². The summed E-state index contributed by atoms with van der Waals surface area (Å²) < 4.78 is 0. The monoisotopic (exact) mass is 293 g/mol. The maximum absolute atomic E-state index is 11.1. The molecule has 21 heavy (non-hydrogen) atoms. The Morgan fingerprint density at radius 3 is 2.67 bits per heavy atom. The first-order chi connectivity index (χ1) is 10.1. The van der Waals surface area contributed by atoms with Crippen molar-refractivity contribution in [3.05, 3.63) is 16.3 Å². The van der Waals surface area contributed by atoms with Gasteiger partial charge in [-0.15, -0.1) is 0 Å². The van der Waals surface area contributed by atoms with Crippen molar-refractivity contribution in [1.29, 1.82) is 0 Å². The molecule has 1 fully saturated rings. The molecule has 0 atom stereocenters. The van der Waals surface area contributed by atoms with Gasteiger partial charge in [0.1, 0.15) is 6.20 Å². The lowest BCUT2D eigenvalue weighted by Gasteiger charge is -2.29. The fourth-order valence-corrected chi connectivity index (χ4v) is 2.93. The molecule has 0 unspecified atom stereocenters. The molecular formula is C14H23N5O2. The van der Waals surface area contributed by atoms with Gasteiger partial charge < -0.3 is 10.6 Å². The Labute approximate surface area is 124 Å². The molecule has 0 amide bonds. The standard InChI is InChI=1S/C14H23N5O2/c1-3-4-10-5-7-11(8-6-10)17-13-12(19(20)21)9-16-14(15-2)18-13/h9-11H,3-8H2,1-2H3,(H2,15,16,17,18). The highest BCUT2D eigenvalue weighted by Gasteiger charge is 2.24. The summed E-state index contributed by atoms with van der Waals surface area (Å²) in [6.07, 6.45) is 8.22. The van der Waals surface area contributed by atoms with Gasteiger partial charge in [0.2, 0.25) is 11.8 Å². The minimum Gasteiger partial charge on any atom is -0.361 e. The third-order valence-corrected chi connectivity index (χ3v) is 4.07. The van der Waals surface area contributed by atoms with Gasteiger partial charge in [-0.2, -0.15) is 4.98 Å². The Hall–Kier alpha value is -1.92. The van der Waals surface area contributed by atoms with Crippen LogP contribution < -0.4 is 10.6 Å². The summed E-state index contributed by atoms with van der Waals surface area (Å²) in [5, 5.41) is 17.1. The van der Waals surface area contributed by atoms with E-state index in [1.807, 2.05) is 0 Å². The number of aromatic nitrogens is 2. The highest BCUT2D eigenvalue weighted by atomic mass is 16.6. The van der Waals surface area contributed by atoms with Crippen LogP contribution in [0.15, 0.2) is 6.20 Å². The molecule has 2 rings (SSSR count). The van der Waals surface area contributed by atoms with Crippen molar-refractivity contribution < 1.29 is 4.92 Å². The van der Waals surface area contributed by atoms with Crippen LogP contribution in [0.2, 0.25) is 0 Å². The molecule has 0 aromatic carbocycles. The summed E-state index contributed by atoms with van der Waals surface area (Å²) in [7, 11) is 1.70. The normalized spacial score (nSPS) is 21.8. The quantitative estimate of drug-likeness (QED) is 0.618. The molecule has 7 heteroatoms. The van der Waals surface area contributed by atoms with Crippen LogP contribution in [0, 0.1) is 16.0 Å². The second-order valence-corrected chi connectivity index (χ2v) is 5.59. The van der Waals surface area contributed by atoms with Crippen molar-refractivity contribution in [2.24, 2.45) is 5.92 Å². The lowest BCUT2D eigenvalue weighted by molar-refractivity contribution is -0.384. The maximum atomic E-state index is 11.1. The minimum atomic E-state index is -0.440.